The first kappa shape index (κ1) is 25.8. The van der Waals surface area contributed by atoms with Gasteiger partial charge in [-0.1, -0.05) is 23.9 Å². The molecule has 3 aromatic rings. The van der Waals surface area contributed by atoms with Gasteiger partial charge in [0.15, 0.2) is 10.9 Å². The molecule has 0 unspecified atom stereocenters. The molecule has 1 aliphatic heterocycles. The van der Waals surface area contributed by atoms with Gasteiger partial charge >= 0.3 is 0 Å². The lowest BCUT2D eigenvalue weighted by atomic mass is 10.1. The van der Waals surface area contributed by atoms with Crippen LogP contribution in [-0.4, -0.2) is 36.0 Å². The van der Waals surface area contributed by atoms with E-state index in [4.69, 9.17) is 4.74 Å². The third kappa shape index (κ3) is 6.69. The first-order valence-electron chi connectivity index (χ1n) is 11.9. The molecule has 1 fully saturated rings. The van der Waals surface area contributed by atoms with Gasteiger partial charge in [0.25, 0.3) is 6.43 Å². The Kier molecular flexibility index (Phi) is 8.70. The first-order chi connectivity index (χ1) is 17.4. The van der Waals surface area contributed by atoms with Crippen LogP contribution in [0.2, 0.25) is 0 Å². The molecule has 1 aliphatic rings. The molecule has 4 rings (SSSR count). The van der Waals surface area contributed by atoms with Crippen LogP contribution in [0.4, 0.5) is 14.5 Å². The molecular weight excluding hydrogens is 480 g/mol. The lowest BCUT2D eigenvalue weighted by Crippen LogP contribution is -2.29. The van der Waals surface area contributed by atoms with Crippen LogP contribution in [0, 0.1) is 6.92 Å². The number of aromatic nitrogens is 2. The van der Waals surface area contributed by atoms with Crippen LogP contribution in [0.15, 0.2) is 59.8 Å². The topological polar surface area (TPSA) is 55.3 Å². The Balaban J connectivity index is 1.43. The average molecular weight is 510 g/mol. The Morgan fingerprint density at radius 2 is 1.83 bits per heavy atom. The fourth-order valence-corrected chi connectivity index (χ4v) is 5.04. The Morgan fingerprint density at radius 1 is 1.08 bits per heavy atom. The number of rotatable bonds is 9. The fourth-order valence-electron chi connectivity index (χ4n) is 4.16. The van der Waals surface area contributed by atoms with E-state index in [2.05, 4.69) is 14.9 Å². The number of alkyl halides is 2. The standard InChI is InChI=1S/C28H29F2N3O2S/c1-19-16-24(27(29)30)32-28(31-19)36-18-22-17-20(7-13-26(22)35-2)6-12-25(34)21-8-10-23(11-9-21)33-14-4-3-5-15-33/h6-13,16-17,27H,3-5,14-15,18H2,1-2H3/b12-6+. The summed E-state index contributed by atoms with van der Waals surface area (Å²) in [5, 5.41) is 0.288. The summed E-state index contributed by atoms with van der Waals surface area (Å²) in [6.45, 7) is 3.80. The second-order valence-corrected chi connectivity index (χ2v) is 9.61. The predicted molar refractivity (Wildman–Crippen MR) is 140 cm³/mol. The Bertz CT molecular complexity index is 1230. The smallest absolute Gasteiger partial charge is 0.280 e. The zero-order valence-corrected chi connectivity index (χ0v) is 21.2. The lowest BCUT2D eigenvalue weighted by molar-refractivity contribution is 0.104. The van der Waals surface area contributed by atoms with Crippen molar-refractivity contribution >= 4 is 29.3 Å². The summed E-state index contributed by atoms with van der Waals surface area (Å²) < 4.78 is 31.6. The number of carbonyl (C=O) groups is 1. The van der Waals surface area contributed by atoms with Gasteiger partial charge in [-0.15, -0.1) is 0 Å². The van der Waals surface area contributed by atoms with E-state index in [1.807, 2.05) is 42.5 Å². The maximum Gasteiger partial charge on any atom is 0.280 e. The van der Waals surface area contributed by atoms with Gasteiger partial charge in [-0.2, -0.15) is 0 Å². The number of ketones is 1. The highest BCUT2D eigenvalue weighted by Gasteiger charge is 2.14. The molecular formula is C28H29F2N3O2S. The van der Waals surface area contributed by atoms with E-state index >= 15 is 0 Å². The summed E-state index contributed by atoms with van der Waals surface area (Å²) in [6.07, 6.45) is 4.39. The average Bonchev–Trinajstić information content (AvgIpc) is 2.91. The van der Waals surface area contributed by atoms with Crippen LogP contribution in [0.3, 0.4) is 0 Å². The van der Waals surface area contributed by atoms with Gasteiger partial charge in [-0.05, 0) is 80.3 Å². The number of ether oxygens (including phenoxy) is 1. The molecule has 0 atom stereocenters. The minimum Gasteiger partial charge on any atom is -0.496 e. The van der Waals surface area contributed by atoms with E-state index in [-0.39, 0.29) is 16.6 Å². The van der Waals surface area contributed by atoms with Gasteiger partial charge in [-0.3, -0.25) is 4.79 Å². The molecule has 0 saturated carbocycles. The number of hydrogen-bond donors (Lipinski definition) is 0. The number of carbonyl (C=O) groups excluding carboxylic acids is 1. The molecule has 0 aliphatic carbocycles. The van der Waals surface area contributed by atoms with Crippen molar-refractivity contribution in [3.63, 3.8) is 0 Å². The van der Waals surface area contributed by atoms with Gasteiger partial charge in [0.05, 0.1) is 7.11 Å². The van der Waals surface area contributed by atoms with Crippen molar-refractivity contribution in [2.24, 2.45) is 0 Å². The van der Waals surface area contributed by atoms with E-state index in [0.29, 0.717) is 22.8 Å². The first-order valence-corrected chi connectivity index (χ1v) is 12.9. The molecule has 0 N–H and O–H groups in total. The van der Waals surface area contributed by atoms with Crippen molar-refractivity contribution in [2.75, 3.05) is 25.1 Å². The van der Waals surface area contributed by atoms with Crippen molar-refractivity contribution < 1.29 is 18.3 Å². The SMILES string of the molecule is COc1ccc(/C=C/C(=O)c2ccc(N3CCCCC3)cc2)cc1CSc1nc(C)cc(C(F)F)n1. The van der Waals surface area contributed by atoms with E-state index in [1.165, 1.54) is 37.1 Å². The maximum atomic E-state index is 13.1. The molecule has 36 heavy (non-hydrogen) atoms. The van der Waals surface area contributed by atoms with E-state index in [9.17, 15) is 13.6 Å². The summed E-state index contributed by atoms with van der Waals surface area (Å²) in [6, 6.07) is 14.7. The summed E-state index contributed by atoms with van der Waals surface area (Å²) in [5.74, 6) is 1.03. The normalized spacial score (nSPS) is 14.0. The van der Waals surface area contributed by atoms with Gasteiger partial charge < -0.3 is 9.64 Å². The predicted octanol–water partition coefficient (Wildman–Crippen LogP) is 6.91. The molecule has 0 bridgehead atoms. The second kappa shape index (κ2) is 12.1. The Hall–Kier alpha value is -3.26. The minimum atomic E-state index is -2.65. The summed E-state index contributed by atoms with van der Waals surface area (Å²) in [5.41, 5.74) is 3.70. The molecule has 0 radical (unpaired) electrons. The molecule has 8 heteroatoms. The number of allylic oxidation sites excluding steroid dienone is 1. The maximum absolute atomic E-state index is 13.1. The largest absolute Gasteiger partial charge is 0.496 e. The summed E-state index contributed by atoms with van der Waals surface area (Å²) >= 11 is 1.26. The van der Waals surface area contributed by atoms with Crippen molar-refractivity contribution in [1.29, 1.82) is 0 Å². The van der Waals surface area contributed by atoms with E-state index in [0.717, 1.165) is 29.9 Å². The van der Waals surface area contributed by atoms with Gasteiger partial charge in [-0.25, -0.2) is 18.7 Å². The lowest BCUT2D eigenvalue weighted by Gasteiger charge is -2.28. The number of piperidine rings is 1. The highest BCUT2D eigenvalue weighted by Crippen LogP contribution is 2.29. The number of benzene rings is 2. The monoisotopic (exact) mass is 509 g/mol. The number of anilines is 1. The second-order valence-electron chi connectivity index (χ2n) is 8.67. The van der Waals surface area contributed by atoms with Crippen molar-refractivity contribution in [3.8, 4) is 5.75 Å². The minimum absolute atomic E-state index is 0.0698. The molecule has 1 aromatic heterocycles. The van der Waals surface area contributed by atoms with Crippen LogP contribution in [0.5, 0.6) is 5.75 Å². The fraction of sp³-hybridized carbons (Fsp3) is 0.321. The van der Waals surface area contributed by atoms with E-state index in [1.54, 1.807) is 26.2 Å². The van der Waals surface area contributed by atoms with Gasteiger partial charge in [0.1, 0.15) is 11.4 Å². The van der Waals surface area contributed by atoms with Gasteiger partial charge in [0, 0.05) is 41.4 Å². The molecule has 188 valence electrons. The number of nitrogens with zero attached hydrogens (tertiary/aromatic N) is 3. The van der Waals surface area contributed by atoms with Crippen molar-refractivity contribution in [1.82, 2.24) is 9.97 Å². The highest BCUT2D eigenvalue weighted by molar-refractivity contribution is 7.98. The zero-order valence-electron chi connectivity index (χ0n) is 20.4. The number of methoxy groups -OCH3 is 1. The van der Waals surface area contributed by atoms with Crippen LogP contribution in [-0.2, 0) is 5.75 Å². The number of halogens is 2. The molecule has 5 nitrogen and oxygen atoms in total. The van der Waals surface area contributed by atoms with Crippen LogP contribution < -0.4 is 9.64 Å². The quantitative estimate of drug-likeness (QED) is 0.135. The van der Waals surface area contributed by atoms with Crippen LogP contribution in [0.25, 0.3) is 6.08 Å². The molecule has 1 saturated heterocycles. The van der Waals surface area contributed by atoms with Crippen LogP contribution in [0.1, 0.15) is 58.6 Å². The summed E-state index contributed by atoms with van der Waals surface area (Å²) in [7, 11) is 1.58. The summed E-state index contributed by atoms with van der Waals surface area (Å²) in [4.78, 5) is 23.3. The third-order valence-electron chi connectivity index (χ3n) is 6.04. The number of thioether (sulfide) groups is 1. The van der Waals surface area contributed by atoms with Gasteiger partial charge in [0.2, 0.25) is 0 Å². The molecule has 0 amide bonds. The number of hydrogen-bond acceptors (Lipinski definition) is 6. The van der Waals surface area contributed by atoms with E-state index < -0.39 is 6.43 Å². The van der Waals surface area contributed by atoms with Crippen LogP contribution >= 0.6 is 11.8 Å². The molecule has 2 heterocycles. The van der Waals surface area contributed by atoms with Crippen molar-refractivity contribution in [3.05, 3.63) is 82.7 Å². The zero-order chi connectivity index (χ0) is 25.5. The number of aryl methyl sites for hydroxylation is 1. The van der Waals surface area contributed by atoms with Crippen molar-refractivity contribution in [2.45, 2.75) is 43.5 Å². The Morgan fingerprint density at radius 3 is 2.53 bits per heavy atom. The third-order valence-corrected chi connectivity index (χ3v) is 6.93. The Labute approximate surface area is 214 Å². The molecule has 2 aromatic carbocycles. The molecule has 0 spiro atoms. The highest BCUT2D eigenvalue weighted by atomic mass is 32.2.